The van der Waals surface area contributed by atoms with Crippen molar-refractivity contribution in [3.63, 3.8) is 0 Å². The lowest BCUT2D eigenvalue weighted by molar-refractivity contribution is -0.116. The van der Waals surface area contributed by atoms with Crippen molar-refractivity contribution in [1.82, 2.24) is 9.97 Å². The van der Waals surface area contributed by atoms with Gasteiger partial charge in [0.15, 0.2) is 0 Å². The van der Waals surface area contributed by atoms with E-state index in [9.17, 15) is 9.59 Å². The van der Waals surface area contributed by atoms with Crippen LogP contribution in [0.1, 0.15) is 6.92 Å². The molecule has 0 saturated heterocycles. The van der Waals surface area contributed by atoms with Gasteiger partial charge in [0.05, 0.1) is 11.0 Å². The van der Waals surface area contributed by atoms with Crippen molar-refractivity contribution in [1.29, 1.82) is 0 Å². The first-order valence-electron chi connectivity index (χ1n) is 8.14. The Bertz CT molecular complexity index is 1210. The van der Waals surface area contributed by atoms with Crippen molar-refractivity contribution in [3.8, 4) is 11.1 Å². The first-order valence-corrected chi connectivity index (χ1v) is 8.52. The van der Waals surface area contributed by atoms with Crippen molar-refractivity contribution in [2.24, 2.45) is 0 Å². The topological polar surface area (TPSA) is 69.0 Å². The number of carbonyl (C=O) groups excluding carboxylic acids is 1. The van der Waals surface area contributed by atoms with Crippen molar-refractivity contribution in [3.05, 3.63) is 63.9 Å². The lowest BCUT2D eigenvalue weighted by Gasteiger charge is -2.19. The number of H-pyrrole nitrogens is 2. The maximum atomic E-state index is 12.9. The fourth-order valence-corrected chi connectivity index (χ4v) is 3.42. The molecule has 0 aliphatic carbocycles. The molecule has 26 heavy (non-hydrogen) atoms. The maximum absolute atomic E-state index is 12.9. The minimum absolute atomic E-state index is 0.216. The van der Waals surface area contributed by atoms with Crippen LogP contribution in [0, 0.1) is 0 Å². The molecule has 4 aromatic rings. The number of carbonyl (C=O) groups is 1. The molecule has 6 heteroatoms. The van der Waals surface area contributed by atoms with E-state index in [4.69, 9.17) is 11.6 Å². The molecule has 0 aliphatic rings. The van der Waals surface area contributed by atoms with Gasteiger partial charge in [0.2, 0.25) is 5.91 Å². The van der Waals surface area contributed by atoms with E-state index in [0.717, 1.165) is 22.0 Å². The van der Waals surface area contributed by atoms with E-state index in [1.54, 1.807) is 13.1 Å². The van der Waals surface area contributed by atoms with Crippen molar-refractivity contribution in [2.45, 2.75) is 6.92 Å². The second-order valence-electron chi connectivity index (χ2n) is 6.19. The lowest BCUT2D eigenvalue weighted by atomic mass is 10.0. The highest BCUT2D eigenvalue weighted by Gasteiger charge is 2.22. The molecule has 0 spiro atoms. The zero-order valence-electron chi connectivity index (χ0n) is 14.3. The first-order chi connectivity index (χ1) is 12.5. The van der Waals surface area contributed by atoms with Crippen LogP contribution in [0.3, 0.4) is 0 Å². The van der Waals surface area contributed by atoms with Crippen LogP contribution in [0.25, 0.3) is 33.1 Å². The number of amides is 1. The van der Waals surface area contributed by atoms with E-state index in [2.05, 4.69) is 9.97 Å². The van der Waals surface area contributed by atoms with Gasteiger partial charge in [-0.1, -0.05) is 41.9 Å². The Labute approximate surface area is 154 Å². The highest BCUT2D eigenvalue weighted by Crippen LogP contribution is 2.37. The van der Waals surface area contributed by atoms with Crippen LogP contribution in [-0.2, 0) is 4.79 Å². The largest absolute Gasteiger partial charge is 0.353 e. The van der Waals surface area contributed by atoms with E-state index >= 15 is 0 Å². The molecule has 1 amide bonds. The Morgan fingerprint density at radius 3 is 2.46 bits per heavy atom. The Morgan fingerprint density at radius 1 is 1.04 bits per heavy atom. The summed E-state index contributed by atoms with van der Waals surface area (Å²) >= 11 is 6.14. The van der Waals surface area contributed by atoms with Gasteiger partial charge >= 0.3 is 0 Å². The van der Waals surface area contributed by atoms with Crippen molar-refractivity contribution >= 4 is 45.1 Å². The van der Waals surface area contributed by atoms with Crippen LogP contribution < -0.4 is 10.5 Å². The predicted molar refractivity (Wildman–Crippen MR) is 106 cm³/mol. The first kappa shape index (κ1) is 16.4. The third-order valence-corrected chi connectivity index (χ3v) is 4.81. The summed E-state index contributed by atoms with van der Waals surface area (Å²) in [6.07, 6.45) is 0. The summed E-state index contributed by atoms with van der Waals surface area (Å²) in [6, 6.07) is 15.0. The number of fused-ring (bicyclic) bond motifs is 3. The van der Waals surface area contributed by atoms with Gasteiger partial charge in [-0.3, -0.25) is 9.59 Å². The molecule has 2 aromatic heterocycles. The van der Waals surface area contributed by atoms with E-state index in [-0.39, 0.29) is 11.5 Å². The Kier molecular flexibility index (Phi) is 3.81. The SMILES string of the molecule is CC(=O)N(C)c1c(-c2ccccc2)c2[nH]c3ccc(Cl)cc3c2[nH]c1=O. The molecule has 0 aliphatic heterocycles. The molecule has 0 saturated carbocycles. The van der Waals surface area contributed by atoms with Gasteiger partial charge in [-0.15, -0.1) is 0 Å². The normalized spacial score (nSPS) is 11.2. The number of rotatable bonds is 2. The molecule has 0 bridgehead atoms. The summed E-state index contributed by atoms with van der Waals surface area (Å²) < 4.78 is 0. The number of halogens is 1. The Hall–Kier alpha value is -3.05. The molecule has 0 fully saturated rings. The summed E-state index contributed by atoms with van der Waals surface area (Å²) in [6.45, 7) is 1.43. The number of benzene rings is 2. The number of hydrogen-bond acceptors (Lipinski definition) is 2. The number of aromatic amines is 2. The third-order valence-electron chi connectivity index (χ3n) is 4.57. The number of anilines is 1. The monoisotopic (exact) mass is 365 g/mol. The lowest BCUT2D eigenvalue weighted by Crippen LogP contribution is -2.30. The molecule has 0 radical (unpaired) electrons. The van der Waals surface area contributed by atoms with Crippen LogP contribution in [0.2, 0.25) is 5.02 Å². The molecular formula is C20H16ClN3O2. The fourth-order valence-electron chi connectivity index (χ4n) is 3.25. The van der Waals surface area contributed by atoms with E-state index in [1.807, 2.05) is 42.5 Å². The minimum Gasteiger partial charge on any atom is -0.353 e. The summed E-state index contributed by atoms with van der Waals surface area (Å²) in [7, 11) is 1.60. The molecule has 130 valence electrons. The minimum atomic E-state index is -0.324. The Morgan fingerprint density at radius 2 is 1.77 bits per heavy atom. The van der Waals surface area contributed by atoms with Gasteiger partial charge in [0.25, 0.3) is 5.56 Å². The average molecular weight is 366 g/mol. The quantitative estimate of drug-likeness (QED) is 0.555. The van der Waals surface area contributed by atoms with Crippen molar-refractivity contribution < 1.29 is 4.79 Å². The van der Waals surface area contributed by atoms with Gasteiger partial charge in [0, 0.05) is 35.5 Å². The van der Waals surface area contributed by atoms with Crippen molar-refractivity contribution in [2.75, 3.05) is 11.9 Å². The number of pyridine rings is 1. The third kappa shape index (κ3) is 2.48. The molecule has 4 rings (SSSR count). The molecule has 2 heterocycles. The number of nitrogens with zero attached hydrogens (tertiary/aromatic N) is 1. The molecular weight excluding hydrogens is 350 g/mol. The zero-order chi connectivity index (χ0) is 18.4. The number of aromatic nitrogens is 2. The summed E-state index contributed by atoms with van der Waals surface area (Å²) in [4.78, 5) is 32.5. The summed E-state index contributed by atoms with van der Waals surface area (Å²) in [5.74, 6) is -0.216. The molecule has 2 aromatic carbocycles. The molecule has 2 N–H and O–H groups in total. The zero-order valence-corrected chi connectivity index (χ0v) is 15.0. The van der Waals surface area contributed by atoms with E-state index in [1.165, 1.54) is 11.8 Å². The van der Waals surface area contributed by atoms with Crippen LogP contribution >= 0.6 is 11.6 Å². The molecule has 0 atom stereocenters. The van der Waals surface area contributed by atoms with Gasteiger partial charge in [-0.2, -0.15) is 0 Å². The molecule has 0 unspecified atom stereocenters. The van der Waals surface area contributed by atoms with Gasteiger partial charge in [0.1, 0.15) is 5.69 Å². The van der Waals surface area contributed by atoms with Gasteiger partial charge in [-0.05, 0) is 23.8 Å². The smallest absolute Gasteiger partial charge is 0.273 e. The average Bonchev–Trinajstić information content (AvgIpc) is 2.98. The van der Waals surface area contributed by atoms with Gasteiger partial charge in [-0.25, -0.2) is 0 Å². The van der Waals surface area contributed by atoms with E-state index < -0.39 is 0 Å². The second-order valence-corrected chi connectivity index (χ2v) is 6.62. The number of nitrogens with one attached hydrogen (secondary N) is 2. The van der Waals surface area contributed by atoms with Crippen LogP contribution in [0.5, 0.6) is 0 Å². The van der Waals surface area contributed by atoms with Crippen LogP contribution in [0.15, 0.2) is 53.3 Å². The summed E-state index contributed by atoms with van der Waals surface area (Å²) in [5.41, 5.74) is 3.82. The highest BCUT2D eigenvalue weighted by atomic mass is 35.5. The Balaban J connectivity index is 2.21. The maximum Gasteiger partial charge on any atom is 0.273 e. The highest BCUT2D eigenvalue weighted by molar-refractivity contribution is 6.32. The van der Waals surface area contributed by atoms with Gasteiger partial charge < -0.3 is 14.9 Å². The predicted octanol–water partition coefficient (Wildman–Crippen LogP) is 4.31. The standard InChI is InChI=1S/C20H16ClN3O2/c1-11(25)24(2)19-16(12-6-4-3-5-7-12)18-17(23-20(19)26)14-10-13(21)8-9-15(14)22-18/h3-10,22H,1-2H3,(H,23,26). The van der Waals surface area contributed by atoms with Crippen LogP contribution in [0.4, 0.5) is 5.69 Å². The summed E-state index contributed by atoms with van der Waals surface area (Å²) in [5, 5.41) is 1.42. The second kappa shape index (κ2) is 6.04. The number of hydrogen-bond donors (Lipinski definition) is 2. The van der Waals surface area contributed by atoms with E-state index in [0.29, 0.717) is 21.8 Å². The fraction of sp³-hybridized carbons (Fsp3) is 0.100. The van der Waals surface area contributed by atoms with Crippen LogP contribution in [-0.4, -0.2) is 22.9 Å². The molecule has 5 nitrogen and oxygen atoms in total.